The number of halogens is 1. The molecule has 2 rings (SSSR count). The van der Waals surface area contributed by atoms with E-state index < -0.39 is 0 Å². The van der Waals surface area contributed by atoms with Crippen molar-refractivity contribution in [3.63, 3.8) is 0 Å². The summed E-state index contributed by atoms with van der Waals surface area (Å²) in [4.78, 5) is 23.5. The Balaban J connectivity index is 0.00000103. The maximum absolute atomic E-state index is 12.9. The van der Waals surface area contributed by atoms with E-state index in [2.05, 4.69) is 59.3 Å². The third kappa shape index (κ3) is 6.40. The van der Waals surface area contributed by atoms with E-state index in [0.717, 1.165) is 37.4 Å². The number of hydrogen-bond acceptors (Lipinski definition) is 3. The normalized spacial score (nSPS) is 15.5. The molecular weight excluding hydrogens is 485 g/mol. The van der Waals surface area contributed by atoms with E-state index in [4.69, 9.17) is 4.99 Å². The van der Waals surface area contributed by atoms with Crippen LogP contribution in [0.15, 0.2) is 45.5 Å². The lowest BCUT2D eigenvalue weighted by atomic mass is 10.0. The number of rotatable bonds is 2. The number of carbonyl (C=O) groups is 1. The minimum absolute atomic E-state index is 0.296. The molecule has 0 saturated carbocycles. The SMILES string of the molecule is CC#CC(=O)N(C1=N/C(=C/C)C(=NC)C=C1C)c1cc(C)c(I)cc1C.CCCC. The van der Waals surface area contributed by atoms with Crippen molar-refractivity contribution >= 4 is 45.7 Å². The van der Waals surface area contributed by atoms with Gasteiger partial charge >= 0.3 is 5.91 Å². The lowest BCUT2D eigenvalue weighted by molar-refractivity contribution is -0.112. The van der Waals surface area contributed by atoms with Gasteiger partial charge in [-0.2, -0.15) is 0 Å². The van der Waals surface area contributed by atoms with Crippen LogP contribution in [0.1, 0.15) is 58.6 Å². The molecule has 1 aromatic carbocycles. The lowest BCUT2D eigenvalue weighted by Gasteiger charge is -2.27. The number of dihydropyridines is 1. The molecular formula is C25H32IN3O. The molecule has 0 aromatic heterocycles. The second kappa shape index (κ2) is 12.5. The van der Waals surface area contributed by atoms with Gasteiger partial charge in [-0.15, -0.1) is 0 Å². The van der Waals surface area contributed by atoms with Gasteiger partial charge in [0, 0.05) is 10.6 Å². The second-order valence-corrected chi connectivity index (χ2v) is 8.11. The summed E-state index contributed by atoms with van der Waals surface area (Å²) in [6.45, 7) is 13.9. The van der Waals surface area contributed by atoms with Gasteiger partial charge in [0.25, 0.3) is 0 Å². The third-order valence-electron chi connectivity index (χ3n) is 4.57. The predicted molar refractivity (Wildman–Crippen MR) is 138 cm³/mol. The summed E-state index contributed by atoms with van der Waals surface area (Å²) < 4.78 is 1.16. The molecule has 1 aromatic rings. The van der Waals surface area contributed by atoms with Crippen molar-refractivity contribution in [2.24, 2.45) is 9.98 Å². The van der Waals surface area contributed by atoms with Gasteiger partial charge in [0.1, 0.15) is 5.84 Å². The molecule has 0 aliphatic carbocycles. The summed E-state index contributed by atoms with van der Waals surface area (Å²) in [6, 6.07) is 4.09. The summed E-state index contributed by atoms with van der Waals surface area (Å²) in [7, 11) is 1.74. The highest BCUT2D eigenvalue weighted by atomic mass is 127. The fourth-order valence-corrected chi connectivity index (χ4v) is 3.33. The molecule has 30 heavy (non-hydrogen) atoms. The first-order valence-electron chi connectivity index (χ1n) is 10.2. The standard InChI is InChI=1S/C21H22IN3O.C4H10/c1-7-9-20(26)25(19-12-13(3)16(22)10-14(19)4)21-15(5)11-18(23-6)17(8-2)24-21;1-3-4-2/h8,10-12H,1-6H3;3-4H2,1-2H3/b17-8+,23-18?;. The van der Waals surface area contributed by atoms with Crippen LogP contribution < -0.4 is 4.90 Å². The number of aryl methyl sites for hydroxylation is 2. The highest BCUT2D eigenvalue weighted by molar-refractivity contribution is 14.1. The first kappa shape index (κ1) is 25.8. The minimum atomic E-state index is -0.296. The van der Waals surface area contributed by atoms with Crippen LogP contribution in [0.25, 0.3) is 0 Å². The summed E-state index contributed by atoms with van der Waals surface area (Å²) in [5, 5.41) is 0. The number of unbranched alkanes of at least 4 members (excludes halogenated alkanes) is 1. The van der Waals surface area contributed by atoms with Gasteiger partial charge in [-0.05, 0) is 98.0 Å². The van der Waals surface area contributed by atoms with Gasteiger partial charge in [0.05, 0.1) is 17.1 Å². The van der Waals surface area contributed by atoms with Crippen molar-refractivity contribution < 1.29 is 4.79 Å². The third-order valence-corrected chi connectivity index (χ3v) is 5.74. The van der Waals surface area contributed by atoms with E-state index in [9.17, 15) is 4.79 Å². The second-order valence-electron chi connectivity index (χ2n) is 6.95. The maximum Gasteiger partial charge on any atom is 0.308 e. The molecule has 0 atom stereocenters. The Morgan fingerprint density at radius 3 is 2.33 bits per heavy atom. The molecule has 1 heterocycles. The van der Waals surface area contributed by atoms with Crippen LogP contribution in [0, 0.1) is 29.3 Å². The summed E-state index contributed by atoms with van der Waals surface area (Å²) in [6.07, 6.45) is 6.48. The number of allylic oxidation sites excluding steroid dienone is 2. The van der Waals surface area contributed by atoms with Gasteiger partial charge in [0.15, 0.2) is 0 Å². The maximum atomic E-state index is 12.9. The van der Waals surface area contributed by atoms with E-state index in [1.54, 1.807) is 18.9 Å². The van der Waals surface area contributed by atoms with Gasteiger partial charge in [-0.1, -0.05) is 38.7 Å². The number of aliphatic imine (C=N–C) groups is 2. The van der Waals surface area contributed by atoms with Crippen molar-refractivity contribution in [3.8, 4) is 11.8 Å². The van der Waals surface area contributed by atoms with Gasteiger partial charge < -0.3 is 0 Å². The Kier molecular flexibility index (Phi) is 10.8. The Morgan fingerprint density at radius 1 is 1.20 bits per heavy atom. The summed E-state index contributed by atoms with van der Waals surface area (Å²) in [5.74, 6) is 5.65. The molecule has 0 fully saturated rings. The average molecular weight is 517 g/mol. The van der Waals surface area contributed by atoms with Crippen LogP contribution in [-0.2, 0) is 4.79 Å². The van der Waals surface area contributed by atoms with Crippen LogP contribution in [0.4, 0.5) is 5.69 Å². The van der Waals surface area contributed by atoms with Crippen molar-refractivity contribution in [1.82, 2.24) is 0 Å². The topological polar surface area (TPSA) is 45.0 Å². The van der Waals surface area contributed by atoms with Gasteiger partial charge in [-0.25, -0.2) is 4.99 Å². The van der Waals surface area contributed by atoms with E-state index in [0.29, 0.717) is 5.84 Å². The largest absolute Gasteiger partial charge is 0.308 e. The molecule has 0 spiro atoms. The Labute approximate surface area is 195 Å². The zero-order valence-corrected chi connectivity index (χ0v) is 21.5. The van der Waals surface area contributed by atoms with Crippen LogP contribution >= 0.6 is 22.6 Å². The van der Waals surface area contributed by atoms with Gasteiger partial charge in [-0.3, -0.25) is 14.7 Å². The zero-order valence-electron chi connectivity index (χ0n) is 19.4. The first-order valence-corrected chi connectivity index (χ1v) is 11.3. The van der Waals surface area contributed by atoms with Crippen molar-refractivity contribution in [2.45, 2.75) is 61.3 Å². The fourth-order valence-electron chi connectivity index (χ4n) is 2.71. The van der Waals surface area contributed by atoms with E-state index in [1.165, 1.54) is 12.8 Å². The smallest absolute Gasteiger partial charge is 0.286 e. The van der Waals surface area contributed by atoms with E-state index in [-0.39, 0.29) is 5.91 Å². The number of amides is 1. The Bertz CT molecular complexity index is 970. The monoisotopic (exact) mass is 517 g/mol. The predicted octanol–water partition coefficient (Wildman–Crippen LogP) is 6.40. The molecule has 0 bridgehead atoms. The van der Waals surface area contributed by atoms with Crippen LogP contribution in [0.5, 0.6) is 0 Å². The minimum Gasteiger partial charge on any atom is -0.286 e. The lowest BCUT2D eigenvalue weighted by Crippen LogP contribution is -2.39. The van der Waals surface area contributed by atoms with Crippen molar-refractivity contribution in [1.29, 1.82) is 0 Å². The number of amidine groups is 1. The van der Waals surface area contributed by atoms with Gasteiger partial charge in [0.2, 0.25) is 0 Å². The Morgan fingerprint density at radius 2 is 1.83 bits per heavy atom. The highest BCUT2D eigenvalue weighted by Gasteiger charge is 2.27. The number of anilines is 1. The van der Waals surface area contributed by atoms with E-state index >= 15 is 0 Å². The molecule has 0 radical (unpaired) electrons. The molecule has 0 unspecified atom stereocenters. The fraction of sp³-hybridized carbons (Fsp3) is 0.400. The highest BCUT2D eigenvalue weighted by Crippen LogP contribution is 2.29. The molecule has 0 saturated heterocycles. The summed E-state index contributed by atoms with van der Waals surface area (Å²) >= 11 is 2.30. The first-order chi connectivity index (χ1) is 14.2. The van der Waals surface area contributed by atoms with E-state index in [1.807, 2.05) is 45.9 Å². The number of carbonyl (C=O) groups excluding carboxylic acids is 1. The van der Waals surface area contributed by atoms with Crippen molar-refractivity contribution in [2.75, 3.05) is 11.9 Å². The van der Waals surface area contributed by atoms with Crippen LogP contribution in [0.2, 0.25) is 0 Å². The van der Waals surface area contributed by atoms with Crippen molar-refractivity contribution in [3.05, 3.63) is 50.3 Å². The molecule has 1 aliphatic heterocycles. The van der Waals surface area contributed by atoms with Crippen LogP contribution in [0.3, 0.4) is 0 Å². The van der Waals surface area contributed by atoms with Crippen LogP contribution in [-0.4, -0.2) is 24.5 Å². The molecule has 5 heteroatoms. The number of hydrogen-bond donors (Lipinski definition) is 0. The molecule has 0 N–H and O–H groups in total. The number of nitrogens with zero attached hydrogens (tertiary/aromatic N) is 3. The average Bonchev–Trinajstić information content (AvgIpc) is 2.73. The zero-order chi connectivity index (χ0) is 22.8. The molecule has 1 aliphatic rings. The number of benzene rings is 1. The molecule has 4 nitrogen and oxygen atoms in total. The quantitative estimate of drug-likeness (QED) is 0.331. The summed E-state index contributed by atoms with van der Waals surface area (Å²) in [5.41, 5.74) is 5.33. The molecule has 160 valence electrons. The molecule has 1 amide bonds. The Hall–Kier alpha value is -2.20.